The molecule has 0 amide bonds. The van der Waals surface area contributed by atoms with Gasteiger partial charge in [0.25, 0.3) is 5.56 Å². The molecule has 2 aromatic carbocycles. The quantitative estimate of drug-likeness (QED) is 0.547. The summed E-state index contributed by atoms with van der Waals surface area (Å²) in [4.78, 5) is 23.3. The predicted molar refractivity (Wildman–Crippen MR) is 111 cm³/mol. The van der Waals surface area contributed by atoms with Crippen LogP contribution in [-0.4, -0.2) is 9.97 Å². The molecule has 1 aliphatic rings. The predicted octanol–water partition coefficient (Wildman–Crippen LogP) is 5.04. The molecule has 0 saturated carbocycles. The van der Waals surface area contributed by atoms with Crippen molar-refractivity contribution in [3.05, 3.63) is 98.4 Å². The van der Waals surface area contributed by atoms with E-state index < -0.39 is 0 Å². The smallest absolute Gasteiger partial charge is 0.259 e. The monoisotopic (exact) mass is 372 g/mol. The van der Waals surface area contributed by atoms with Crippen molar-refractivity contribution in [1.82, 2.24) is 9.97 Å². The third-order valence-corrected chi connectivity index (χ3v) is 6.57. The molecule has 5 rings (SSSR count). The zero-order valence-corrected chi connectivity index (χ0v) is 15.8. The summed E-state index contributed by atoms with van der Waals surface area (Å²) in [5, 5.41) is 0.818. The molecule has 2 aromatic heterocycles. The van der Waals surface area contributed by atoms with Crippen molar-refractivity contribution in [1.29, 1.82) is 0 Å². The van der Waals surface area contributed by atoms with Crippen LogP contribution < -0.4 is 5.56 Å². The Balaban J connectivity index is 1.73. The highest BCUT2D eigenvalue weighted by Gasteiger charge is 2.24. The molecule has 2 heterocycles. The molecule has 27 heavy (non-hydrogen) atoms. The lowest BCUT2D eigenvalue weighted by Crippen LogP contribution is -2.17. The van der Waals surface area contributed by atoms with Crippen molar-refractivity contribution < 1.29 is 0 Å². The summed E-state index contributed by atoms with van der Waals surface area (Å²) >= 11 is 1.70. The number of nitrogens with zero attached hydrogens (tertiary/aromatic N) is 1. The Bertz CT molecular complexity index is 1110. The van der Waals surface area contributed by atoms with Gasteiger partial charge in [-0.25, -0.2) is 4.98 Å². The fourth-order valence-corrected chi connectivity index (χ4v) is 5.39. The zero-order chi connectivity index (χ0) is 18.2. The molecule has 0 saturated heterocycles. The average Bonchev–Trinajstić information content (AvgIpc) is 3.09. The number of H-pyrrole nitrogens is 1. The highest BCUT2D eigenvalue weighted by molar-refractivity contribution is 7.18. The van der Waals surface area contributed by atoms with Crippen molar-refractivity contribution in [2.24, 2.45) is 0 Å². The summed E-state index contributed by atoms with van der Waals surface area (Å²) < 4.78 is 0. The number of hydrogen-bond donors (Lipinski definition) is 1. The maximum absolute atomic E-state index is 13.0. The molecular formula is C23H20N2OS. The van der Waals surface area contributed by atoms with Crippen LogP contribution in [0.2, 0.25) is 0 Å². The number of aromatic amines is 1. The van der Waals surface area contributed by atoms with Crippen molar-refractivity contribution in [3.63, 3.8) is 0 Å². The second-order valence-electron chi connectivity index (χ2n) is 7.10. The van der Waals surface area contributed by atoms with Crippen LogP contribution in [0.15, 0.2) is 65.5 Å². The van der Waals surface area contributed by atoms with Crippen LogP contribution in [0.25, 0.3) is 10.2 Å². The van der Waals surface area contributed by atoms with Crippen molar-refractivity contribution in [3.8, 4) is 0 Å². The van der Waals surface area contributed by atoms with E-state index in [1.54, 1.807) is 11.3 Å². The van der Waals surface area contributed by atoms with Crippen LogP contribution >= 0.6 is 11.3 Å². The Morgan fingerprint density at radius 1 is 0.889 bits per heavy atom. The maximum atomic E-state index is 13.0. The molecular weight excluding hydrogens is 352 g/mol. The summed E-state index contributed by atoms with van der Waals surface area (Å²) in [5.41, 5.74) is 3.50. The van der Waals surface area contributed by atoms with E-state index in [1.807, 2.05) is 36.4 Å². The molecule has 1 aliphatic carbocycles. The molecule has 134 valence electrons. The first-order valence-corrected chi connectivity index (χ1v) is 10.3. The molecule has 3 nitrogen and oxygen atoms in total. The van der Waals surface area contributed by atoms with E-state index in [2.05, 4.69) is 29.2 Å². The fraction of sp³-hybridized carbons (Fsp3) is 0.217. The van der Waals surface area contributed by atoms with Crippen LogP contribution in [0.3, 0.4) is 0 Å². The largest absolute Gasteiger partial charge is 0.309 e. The minimum absolute atomic E-state index is 0.00580. The van der Waals surface area contributed by atoms with Gasteiger partial charge in [0.05, 0.1) is 11.3 Å². The van der Waals surface area contributed by atoms with Gasteiger partial charge in [0.2, 0.25) is 0 Å². The Labute approximate surface area is 161 Å². The first kappa shape index (κ1) is 16.5. The van der Waals surface area contributed by atoms with Crippen molar-refractivity contribution in [2.45, 2.75) is 31.6 Å². The maximum Gasteiger partial charge on any atom is 0.259 e. The standard InChI is InChI=1S/C23H20N2OS/c26-22-20-17-13-7-8-14-18(17)27-23(20)25-21(24-22)19(15-9-3-1-4-10-15)16-11-5-2-6-12-16/h1-6,9-12,19H,7-8,13-14H2,(H,24,25,26). The van der Waals surface area contributed by atoms with Gasteiger partial charge in [-0.15, -0.1) is 11.3 Å². The van der Waals surface area contributed by atoms with Gasteiger partial charge in [0.15, 0.2) is 0 Å². The Hall–Kier alpha value is -2.72. The van der Waals surface area contributed by atoms with E-state index in [1.165, 1.54) is 16.9 Å². The summed E-state index contributed by atoms with van der Waals surface area (Å²) in [6.45, 7) is 0. The summed E-state index contributed by atoms with van der Waals surface area (Å²) in [5.74, 6) is 0.645. The highest BCUT2D eigenvalue weighted by atomic mass is 32.1. The minimum Gasteiger partial charge on any atom is -0.309 e. The third-order valence-electron chi connectivity index (χ3n) is 5.38. The van der Waals surface area contributed by atoms with Crippen LogP contribution in [0.1, 0.15) is 46.2 Å². The van der Waals surface area contributed by atoms with Crippen LogP contribution in [0, 0.1) is 0 Å². The van der Waals surface area contributed by atoms with Crippen LogP contribution in [0.4, 0.5) is 0 Å². The van der Waals surface area contributed by atoms with Gasteiger partial charge in [0.1, 0.15) is 10.7 Å². The van der Waals surface area contributed by atoms with Crippen LogP contribution in [-0.2, 0) is 12.8 Å². The molecule has 0 fully saturated rings. The lowest BCUT2D eigenvalue weighted by Gasteiger charge is -2.17. The second kappa shape index (κ2) is 6.78. The molecule has 0 radical (unpaired) electrons. The topological polar surface area (TPSA) is 45.8 Å². The molecule has 0 spiro atoms. The number of benzene rings is 2. The number of rotatable bonds is 3. The fourth-order valence-electron chi connectivity index (χ4n) is 4.12. The molecule has 4 aromatic rings. The van der Waals surface area contributed by atoms with Crippen molar-refractivity contribution >= 4 is 21.6 Å². The van der Waals surface area contributed by atoms with E-state index >= 15 is 0 Å². The van der Waals surface area contributed by atoms with Crippen molar-refractivity contribution in [2.75, 3.05) is 0 Å². The lowest BCUT2D eigenvalue weighted by atomic mass is 9.90. The Kier molecular flexibility index (Phi) is 4.13. The Morgan fingerprint density at radius 2 is 1.52 bits per heavy atom. The molecule has 0 unspecified atom stereocenters. The summed E-state index contributed by atoms with van der Waals surface area (Å²) in [6.07, 6.45) is 4.45. The first-order chi connectivity index (χ1) is 13.3. The average molecular weight is 372 g/mol. The SMILES string of the molecule is O=c1[nH]c(C(c2ccccc2)c2ccccc2)nc2sc3c(c12)CCCC3. The van der Waals surface area contributed by atoms with Gasteiger partial charge >= 0.3 is 0 Å². The second-order valence-corrected chi connectivity index (χ2v) is 8.18. The van der Waals surface area contributed by atoms with Gasteiger partial charge in [-0.3, -0.25) is 4.79 Å². The van der Waals surface area contributed by atoms with Crippen LogP contribution in [0.5, 0.6) is 0 Å². The Morgan fingerprint density at radius 3 is 2.19 bits per heavy atom. The minimum atomic E-state index is -0.0800. The van der Waals surface area contributed by atoms with Gasteiger partial charge < -0.3 is 4.98 Å². The number of hydrogen-bond acceptors (Lipinski definition) is 3. The number of thiophene rings is 1. The zero-order valence-electron chi connectivity index (χ0n) is 14.9. The molecule has 1 N–H and O–H groups in total. The van der Waals surface area contributed by atoms with E-state index in [0.29, 0.717) is 0 Å². The lowest BCUT2D eigenvalue weighted by molar-refractivity contribution is 0.700. The molecule has 0 bridgehead atoms. The molecule has 0 atom stereocenters. The van der Waals surface area contributed by atoms with E-state index in [4.69, 9.17) is 4.98 Å². The number of nitrogens with one attached hydrogen (secondary N) is 1. The molecule has 4 heteroatoms. The molecule has 0 aliphatic heterocycles. The van der Waals surface area contributed by atoms with Gasteiger partial charge in [0, 0.05) is 4.88 Å². The number of fused-ring (bicyclic) bond motifs is 3. The van der Waals surface area contributed by atoms with Gasteiger partial charge in [-0.1, -0.05) is 60.7 Å². The van der Waals surface area contributed by atoms with E-state index in [-0.39, 0.29) is 11.5 Å². The normalized spacial score (nSPS) is 13.8. The summed E-state index contributed by atoms with van der Waals surface area (Å²) in [7, 11) is 0. The number of aromatic nitrogens is 2. The van der Waals surface area contributed by atoms with Gasteiger partial charge in [-0.2, -0.15) is 0 Å². The summed E-state index contributed by atoms with van der Waals surface area (Å²) in [6, 6.07) is 20.6. The number of aryl methyl sites for hydroxylation is 2. The highest BCUT2D eigenvalue weighted by Crippen LogP contribution is 2.35. The van der Waals surface area contributed by atoms with E-state index in [0.717, 1.165) is 46.4 Å². The van der Waals surface area contributed by atoms with E-state index in [9.17, 15) is 4.79 Å². The van der Waals surface area contributed by atoms with Gasteiger partial charge in [-0.05, 0) is 42.4 Å². The first-order valence-electron chi connectivity index (χ1n) is 9.45. The third kappa shape index (κ3) is 2.90.